The number of hydrogen-bond donors (Lipinski definition) is 1. The monoisotopic (exact) mass is 430 g/mol. The first kappa shape index (κ1) is 19.6. The molecule has 0 spiro atoms. The Bertz CT molecular complexity index is 1070. The molecule has 0 unspecified atom stereocenters. The molecule has 0 aliphatic carbocycles. The van der Waals surface area contributed by atoms with Gasteiger partial charge in [-0.25, -0.2) is 13.4 Å². The van der Waals surface area contributed by atoms with Crippen molar-refractivity contribution in [2.24, 2.45) is 0 Å². The number of halogens is 1. The van der Waals surface area contributed by atoms with Crippen LogP contribution >= 0.6 is 11.6 Å². The first-order valence-corrected chi connectivity index (χ1v) is 10.9. The highest BCUT2D eigenvalue weighted by molar-refractivity contribution is 7.89. The van der Waals surface area contributed by atoms with Crippen molar-refractivity contribution in [1.29, 1.82) is 0 Å². The average molecular weight is 431 g/mol. The van der Waals surface area contributed by atoms with Gasteiger partial charge in [-0.2, -0.15) is 4.31 Å². The van der Waals surface area contributed by atoms with E-state index in [1.807, 2.05) is 35.2 Å². The van der Waals surface area contributed by atoms with E-state index < -0.39 is 10.0 Å². The van der Waals surface area contributed by atoms with Crippen molar-refractivity contribution in [2.45, 2.75) is 4.90 Å². The maximum atomic E-state index is 12.8. The fraction of sp³-hybridized carbons (Fsp3) is 0.211. The number of aromatic nitrogens is 3. The standard InChI is InChI=1S/C19H19ClN6O2S/c20-15-4-3-5-16(14-15)29(27,28)26-12-10-25(11-13-26)19-8-7-18(23-24-19)22-17-6-1-2-9-21-17/h1-9,14H,10-13H2,(H,21,22,23). The summed E-state index contributed by atoms with van der Waals surface area (Å²) in [6.07, 6.45) is 1.70. The van der Waals surface area contributed by atoms with Gasteiger partial charge in [0.1, 0.15) is 5.82 Å². The van der Waals surface area contributed by atoms with Gasteiger partial charge in [0.2, 0.25) is 10.0 Å². The SMILES string of the molecule is O=S(=O)(c1cccc(Cl)c1)N1CCN(c2ccc(Nc3ccccn3)nn2)CC1. The summed E-state index contributed by atoms with van der Waals surface area (Å²) < 4.78 is 27.1. The molecule has 0 bridgehead atoms. The predicted octanol–water partition coefficient (Wildman–Crippen LogP) is 2.78. The molecule has 29 heavy (non-hydrogen) atoms. The van der Waals surface area contributed by atoms with Crippen molar-refractivity contribution in [3.8, 4) is 0 Å². The Morgan fingerprint density at radius 3 is 2.38 bits per heavy atom. The number of hydrogen-bond acceptors (Lipinski definition) is 7. The van der Waals surface area contributed by atoms with E-state index in [1.165, 1.54) is 10.4 Å². The molecule has 1 aliphatic heterocycles. The molecule has 3 heterocycles. The number of nitrogens with one attached hydrogen (secondary N) is 1. The smallest absolute Gasteiger partial charge is 0.243 e. The summed E-state index contributed by atoms with van der Waals surface area (Å²) in [7, 11) is -3.56. The van der Waals surface area contributed by atoms with Gasteiger partial charge in [0.05, 0.1) is 4.90 Å². The lowest BCUT2D eigenvalue weighted by Crippen LogP contribution is -2.49. The molecule has 10 heteroatoms. The molecule has 8 nitrogen and oxygen atoms in total. The van der Waals surface area contributed by atoms with E-state index in [-0.39, 0.29) is 4.90 Å². The lowest BCUT2D eigenvalue weighted by Gasteiger charge is -2.34. The summed E-state index contributed by atoms with van der Waals surface area (Å²) in [6.45, 7) is 1.79. The van der Waals surface area contributed by atoms with Crippen molar-refractivity contribution < 1.29 is 8.42 Å². The zero-order valence-electron chi connectivity index (χ0n) is 15.4. The number of benzene rings is 1. The second-order valence-electron chi connectivity index (χ2n) is 6.47. The molecule has 150 valence electrons. The molecule has 0 amide bonds. The van der Waals surface area contributed by atoms with Crippen LogP contribution in [0.1, 0.15) is 0 Å². The molecule has 3 aromatic rings. The van der Waals surface area contributed by atoms with Crippen LogP contribution in [0.3, 0.4) is 0 Å². The Labute approximate surface area is 174 Å². The minimum absolute atomic E-state index is 0.211. The van der Waals surface area contributed by atoms with Gasteiger partial charge in [-0.3, -0.25) is 0 Å². The van der Waals surface area contributed by atoms with Crippen molar-refractivity contribution in [1.82, 2.24) is 19.5 Å². The first-order valence-electron chi connectivity index (χ1n) is 9.05. The molecule has 0 saturated carbocycles. The number of pyridine rings is 1. The summed E-state index contributed by atoms with van der Waals surface area (Å²) in [5.41, 5.74) is 0. The van der Waals surface area contributed by atoms with E-state index >= 15 is 0 Å². The van der Waals surface area contributed by atoms with Crippen molar-refractivity contribution in [2.75, 3.05) is 36.4 Å². The van der Waals surface area contributed by atoms with E-state index in [0.29, 0.717) is 48.7 Å². The van der Waals surface area contributed by atoms with Gasteiger partial charge in [0.15, 0.2) is 11.6 Å². The summed E-state index contributed by atoms with van der Waals surface area (Å²) in [5, 5.41) is 11.9. The van der Waals surface area contributed by atoms with Crippen LogP contribution < -0.4 is 10.2 Å². The molecule has 1 fully saturated rings. The van der Waals surface area contributed by atoms with E-state index in [1.54, 1.807) is 24.4 Å². The lowest BCUT2D eigenvalue weighted by molar-refractivity contribution is 0.383. The number of nitrogens with zero attached hydrogens (tertiary/aromatic N) is 5. The molecule has 0 atom stereocenters. The molecule has 2 aromatic heterocycles. The second-order valence-corrected chi connectivity index (χ2v) is 8.84. The minimum atomic E-state index is -3.56. The largest absolute Gasteiger partial charge is 0.352 e. The third-order valence-electron chi connectivity index (χ3n) is 4.57. The molecule has 1 N–H and O–H groups in total. The zero-order chi connectivity index (χ0) is 20.3. The summed E-state index contributed by atoms with van der Waals surface area (Å²) >= 11 is 5.94. The first-order chi connectivity index (χ1) is 14.0. The van der Waals surface area contributed by atoms with E-state index in [9.17, 15) is 8.42 Å². The maximum absolute atomic E-state index is 12.8. The molecule has 4 rings (SSSR count). The number of anilines is 3. The van der Waals surface area contributed by atoms with Crippen LogP contribution in [0.2, 0.25) is 5.02 Å². The Kier molecular flexibility index (Phi) is 5.61. The van der Waals surface area contributed by atoms with Crippen LogP contribution in [-0.4, -0.2) is 54.1 Å². The van der Waals surface area contributed by atoms with Crippen molar-refractivity contribution in [3.63, 3.8) is 0 Å². The highest BCUT2D eigenvalue weighted by Gasteiger charge is 2.29. The molecular weight excluding hydrogens is 412 g/mol. The topological polar surface area (TPSA) is 91.3 Å². The number of sulfonamides is 1. The molecular formula is C19H19ClN6O2S. The number of rotatable bonds is 5. The lowest BCUT2D eigenvalue weighted by atomic mass is 10.3. The molecule has 0 radical (unpaired) electrons. The highest BCUT2D eigenvalue weighted by Crippen LogP contribution is 2.22. The Balaban J connectivity index is 1.39. The van der Waals surface area contributed by atoms with E-state index in [4.69, 9.17) is 11.6 Å². The quantitative estimate of drug-likeness (QED) is 0.665. The van der Waals surface area contributed by atoms with Gasteiger partial charge >= 0.3 is 0 Å². The van der Waals surface area contributed by atoms with E-state index in [2.05, 4.69) is 20.5 Å². The van der Waals surface area contributed by atoms with Crippen LogP contribution in [0.15, 0.2) is 65.7 Å². The van der Waals surface area contributed by atoms with Gasteiger partial charge in [0.25, 0.3) is 0 Å². The van der Waals surface area contributed by atoms with Gasteiger partial charge in [0, 0.05) is 37.4 Å². The molecule has 1 aromatic carbocycles. The highest BCUT2D eigenvalue weighted by atomic mass is 35.5. The van der Waals surface area contributed by atoms with Gasteiger partial charge in [-0.05, 0) is 42.5 Å². The Morgan fingerprint density at radius 1 is 0.897 bits per heavy atom. The van der Waals surface area contributed by atoms with Crippen LogP contribution in [-0.2, 0) is 10.0 Å². The predicted molar refractivity (Wildman–Crippen MR) is 112 cm³/mol. The fourth-order valence-electron chi connectivity index (χ4n) is 3.06. The van der Waals surface area contributed by atoms with Crippen LogP contribution in [0.25, 0.3) is 0 Å². The third-order valence-corrected chi connectivity index (χ3v) is 6.70. The van der Waals surface area contributed by atoms with Crippen LogP contribution in [0, 0.1) is 0 Å². The second kappa shape index (κ2) is 8.32. The molecule has 1 saturated heterocycles. The normalized spacial score (nSPS) is 15.3. The minimum Gasteiger partial charge on any atom is -0.352 e. The fourth-order valence-corrected chi connectivity index (χ4v) is 4.79. The van der Waals surface area contributed by atoms with Gasteiger partial charge in [-0.15, -0.1) is 10.2 Å². The molecule has 1 aliphatic rings. The summed E-state index contributed by atoms with van der Waals surface area (Å²) in [4.78, 5) is 6.41. The van der Waals surface area contributed by atoms with E-state index in [0.717, 1.165) is 0 Å². The maximum Gasteiger partial charge on any atom is 0.243 e. The van der Waals surface area contributed by atoms with Crippen molar-refractivity contribution >= 4 is 39.1 Å². The summed E-state index contributed by atoms with van der Waals surface area (Å²) in [5.74, 6) is 1.99. The van der Waals surface area contributed by atoms with Gasteiger partial charge < -0.3 is 10.2 Å². The average Bonchev–Trinajstić information content (AvgIpc) is 2.75. The third kappa shape index (κ3) is 4.47. The van der Waals surface area contributed by atoms with Crippen molar-refractivity contribution in [3.05, 3.63) is 65.8 Å². The Hall–Kier alpha value is -2.75. The summed E-state index contributed by atoms with van der Waals surface area (Å²) in [6, 6.07) is 15.6. The van der Waals surface area contributed by atoms with Crippen LogP contribution in [0.5, 0.6) is 0 Å². The van der Waals surface area contributed by atoms with Crippen LogP contribution in [0.4, 0.5) is 17.5 Å². The zero-order valence-corrected chi connectivity index (χ0v) is 17.0. The van der Waals surface area contributed by atoms with Gasteiger partial charge in [-0.1, -0.05) is 23.7 Å². The Morgan fingerprint density at radius 2 is 1.72 bits per heavy atom. The number of piperazine rings is 1.